The van der Waals surface area contributed by atoms with Crippen molar-refractivity contribution in [3.63, 3.8) is 0 Å². The Hall–Kier alpha value is -2.04. The molecule has 1 N–H and O–H groups in total. The molecule has 2 amide bonds. The van der Waals surface area contributed by atoms with Gasteiger partial charge in [-0.3, -0.25) is 9.59 Å². The van der Waals surface area contributed by atoms with Crippen LogP contribution in [0.5, 0.6) is 5.75 Å². The highest BCUT2D eigenvalue weighted by Crippen LogP contribution is 2.28. The Labute approximate surface area is 144 Å². The lowest BCUT2D eigenvalue weighted by Gasteiger charge is -2.36. The highest BCUT2D eigenvalue weighted by atomic mass is 16.5. The molecule has 0 unspecified atom stereocenters. The predicted octanol–water partition coefficient (Wildman–Crippen LogP) is 3.23. The molecule has 1 aliphatic heterocycles. The van der Waals surface area contributed by atoms with Gasteiger partial charge in [-0.05, 0) is 37.5 Å². The van der Waals surface area contributed by atoms with Crippen LogP contribution in [0.25, 0.3) is 0 Å². The second kappa shape index (κ2) is 7.24. The lowest BCUT2D eigenvalue weighted by atomic mass is 9.91. The molecule has 5 nitrogen and oxygen atoms in total. The fourth-order valence-corrected chi connectivity index (χ4v) is 3.00. The number of hydrogen-bond acceptors (Lipinski definition) is 3. The largest absolute Gasteiger partial charge is 0.495 e. The summed E-state index contributed by atoms with van der Waals surface area (Å²) in [6, 6.07) is 5.69. The Morgan fingerprint density at radius 3 is 2.62 bits per heavy atom. The van der Waals surface area contributed by atoms with Crippen molar-refractivity contribution < 1.29 is 14.3 Å². The summed E-state index contributed by atoms with van der Waals surface area (Å²) < 4.78 is 5.31. The number of anilines is 1. The van der Waals surface area contributed by atoms with Gasteiger partial charge in [-0.2, -0.15) is 0 Å². The Morgan fingerprint density at radius 1 is 1.29 bits per heavy atom. The molecule has 0 saturated carbocycles. The first-order valence-electron chi connectivity index (χ1n) is 8.47. The van der Waals surface area contributed by atoms with Crippen LogP contribution in [0.15, 0.2) is 18.2 Å². The number of rotatable bonds is 3. The molecule has 5 heteroatoms. The summed E-state index contributed by atoms with van der Waals surface area (Å²) in [6.45, 7) is 8.92. The van der Waals surface area contributed by atoms with Crippen LogP contribution < -0.4 is 10.1 Å². The zero-order valence-corrected chi connectivity index (χ0v) is 15.3. The van der Waals surface area contributed by atoms with E-state index >= 15 is 0 Å². The molecule has 0 bridgehead atoms. The molecule has 24 heavy (non-hydrogen) atoms. The van der Waals surface area contributed by atoms with Gasteiger partial charge in [0.15, 0.2) is 0 Å². The number of likely N-dealkylation sites (tertiary alicyclic amines) is 1. The minimum Gasteiger partial charge on any atom is -0.495 e. The normalized spacial score (nSPS) is 18.2. The first-order chi connectivity index (χ1) is 11.2. The minimum atomic E-state index is -0.419. The number of piperidine rings is 1. The smallest absolute Gasteiger partial charge is 0.229 e. The van der Waals surface area contributed by atoms with Gasteiger partial charge in [-0.25, -0.2) is 0 Å². The van der Waals surface area contributed by atoms with Crippen molar-refractivity contribution in [1.82, 2.24) is 4.90 Å². The van der Waals surface area contributed by atoms with Gasteiger partial charge in [-0.15, -0.1) is 0 Å². The Bertz CT molecular complexity index is 620. The fraction of sp³-hybridized carbons (Fsp3) is 0.579. The van der Waals surface area contributed by atoms with E-state index in [1.54, 1.807) is 7.11 Å². The minimum absolute atomic E-state index is 0.0506. The maximum Gasteiger partial charge on any atom is 0.229 e. The number of nitrogens with zero attached hydrogens (tertiary/aromatic N) is 1. The molecule has 0 spiro atoms. The number of amides is 2. The third kappa shape index (κ3) is 4.28. The predicted molar refractivity (Wildman–Crippen MR) is 95.1 cm³/mol. The van der Waals surface area contributed by atoms with Gasteiger partial charge in [0.1, 0.15) is 5.75 Å². The molecule has 1 aromatic rings. The lowest BCUT2D eigenvalue weighted by Crippen LogP contribution is -2.47. The van der Waals surface area contributed by atoms with Gasteiger partial charge in [-0.1, -0.05) is 26.8 Å². The Kier molecular flexibility index (Phi) is 5.52. The van der Waals surface area contributed by atoms with E-state index in [4.69, 9.17) is 4.74 Å². The number of carbonyl (C=O) groups excluding carboxylic acids is 2. The molecule has 1 aromatic carbocycles. The van der Waals surface area contributed by atoms with Crippen molar-refractivity contribution in [2.75, 3.05) is 25.5 Å². The average molecular weight is 332 g/mol. The zero-order chi connectivity index (χ0) is 17.9. The maximum atomic E-state index is 12.7. The first-order valence-corrected chi connectivity index (χ1v) is 8.47. The summed E-state index contributed by atoms with van der Waals surface area (Å²) in [7, 11) is 1.59. The van der Waals surface area contributed by atoms with Gasteiger partial charge < -0.3 is 15.0 Å². The van der Waals surface area contributed by atoms with Crippen molar-refractivity contribution in [3.05, 3.63) is 23.8 Å². The highest BCUT2D eigenvalue weighted by molar-refractivity contribution is 5.94. The fourth-order valence-electron chi connectivity index (χ4n) is 3.00. The number of ether oxygens (including phenoxy) is 1. The van der Waals surface area contributed by atoms with E-state index in [0.29, 0.717) is 18.0 Å². The van der Waals surface area contributed by atoms with Crippen LogP contribution in [0.3, 0.4) is 0 Å². The van der Waals surface area contributed by atoms with E-state index < -0.39 is 5.41 Å². The number of carbonyl (C=O) groups is 2. The van der Waals surface area contributed by atoms with E-state index in [-0.39, 0.29) is 17.7 Å². The lowest BCUT2D eigenvalue weighted by molar-refractivity contribution is -0.142. The van der Waals surface area contributed by atoms with E-state index in [0.717, 1.165) is 24.9 Å². The molecule has 1 heterocycles. The third-order valence-electron chi connectivity index (χ3n) is 4.33. The average Bonchev–Trinajstić information content (AvgIpc) is 2.53. The zero-order valence-electron chi connectivity index (χ0n) is 15.3. The van der Waals surface area contributed by atoms with Crippen LogP contribution in [-0.2, 0) is 9.59 Å². The molecule has 1 aliphatic rings. The SMILES string of the molecule is COc1ccc(C)cc1NC(=O)[C@@H]1CCCN(C(=O)C(C)(C)C)C1. The van der Waals surface area contributed by atoms with Crippen molar-refractivity contribution >= 4 is 17.5 Å². The molecular formula is C19H28N2O3. The molecule has 2 rings (SSSR count). The Morgan fingerprint density at radius 2 is 2.00 bits per heavy atom. The van der Waals surface area contributed by atoms with E-state index in [1.807, 2.05) is 50.8 Å². The number of hydrogen-bond donors (Lipinski definition) is 1. The van der Waals surface area contributed by atoms with Crippen molar-refractivity contribution in [3.8, 4) is 5.75 Å². The summed E-state index contributed by atoms with van der Waals surface area (Å²) in [5.74, 6) is 0.515. The van der Waals surface area contributed by atoms with E-state index in [9.17, 15) is 9.59 Å². The number of methoxy groups -OCH3 is 1. The molecular weight excluding hydrogens is 304 g/mol. The van der Waals surface area contributed by atoms with Gasteiger partial charge in [0.2, 0.25) is 11.8 Å². The van der Waals surface area contributed by atoms with Crippen LogP contribution in [0.4, 0.5) is 5.69 Å². The third-order valence-corrected chi connectivity index (χ3v) is 4.33. The van der Waals surface area contributed by atoms with Crippen LogP contribution >= 0.6 is 0 Å². The number of aryl methyl sites for hydroxylation is 1. The van der Waals surface area contributed by atoms with Crippen molar-refractivity contribution in [1.29, 1.82) is 0 Å². The van der Waals surface area contributed by atoms with Crippen molar-refractivity contribution in [2.24, 2.45) is 11.3 Å². The quantitative estimate of drug-likeness (QED) is 0.924. The van der Waals surface area contributed by atoms with Gasteiger partial charge in [0.05, 0.1) is 18.7 Å². The van der Waals surface area contributed by atoms with Crippen LogP contribution in [0.2, 0.25) is 0 Å². The Balaban J connectivity index is 2.07. The van der Waals surface area contributed by atoms with Gasteiger partial charge in [0.25, 0.3) is 0 Å². The van der Waals surface area contributed by atoms with Gasteiger partial charge >= 0.3 is 0 Å². The van der Waals surface area contributed by atoms with E-state index in [2.05, 4.69) is 5.32 Å². The molecule has 1 fully saturated rings. The summed E-state index contributed by atoms with van der Waals surface area (Å²) >= 11 is 0. The standard InChI is InChI=1S/C19H28N2O3/c1-13-8-9-16(24-5)15(11-13)20-17(22)14-7-6-10-21(12-14)18(23)19(2,3)4/h8-9,11,14H,6-7,10,12H2,1-5H3,(H,20,22)/t14-/m1/s1. The summed E-state index contributed by atoms with van der Waals surface area (Å²) in [6.07, 6.45) is 1.65. The molecule has 0 aromatic heterocycles. The molecule has 1 saturated heterocycles. The van der Waals surface area contributed by atoms with Crippen LogP contribution in [-0.4, -0.2) is 36.9 Å². The summed E-state index contributed by atoms with van der Waals surface area (Å²) in [4.78, 5) is 26.9. The maximum absolute atomic E-state index is 12.7. The second-order valence-corrected chi connectivity index (χ2v) is 7.53. The number of benzene rings is 1. The van der Waals surface area contributed by atoms with Crippen LogP contribution in [0, 0.1) is 18.3 Å². The first kappa shape index (κ1) is 18.3. The van der Waals surface area contributed by atoms with Crippen molar-refractivity contribution in [2.45, 2.75) is 40.5 Å². The molecule has 132 valence electrons. The summed E-state index contributed by atoms with van der Waals surface area (Å²) in [5.41, 5.74) is 1.32. The van der Waals surface area contributed by atoms with E-state index in [1.165, 1.54) is 0 Å². The summed E-state index contributed by atoms with van der Waals surface area (Å²) in [5, 5.41) is 2.97. The molecule has 1 atom stereocenters. The topological polar surface area (TPSA) is 58.6 Å². The number of nitrogens with one attached hydrogen (secondary N) is 1. The second-order valence-electron chi connectivity index (χ2n) is 7.53. The van der Waals surface area contributed by atoms with Gasteiger partial charge in [0, 0.05) is 18.5 Å². The van der Waals surface area contributed by atoms with Crippen LogP contribution in [0.1, 0.15) is 39.2 Å². The molecule has 0 aliphatic carbocycles. The monoisotopic (exact) mass is 332 g/mol. The highest BCUT2D eigenvalue weighted by Gasteiger charge is 2.33. The molecule has 0 radical (unpaired) electrons.